The van der Waals surface area contributed by atoms with E-state index in [0.29, 0.717) is 11.4 Å². The maximum atomic E-state index is 11.4. The van der Waals surface area contributed by atoms with Crippen molar-refractivity contribution in [3.05, 3.63) is 29.8 Å². The van der Waals surface area contributed by atoms with E-state index in [2.05, 4.69) is 5.32 Å². The minimum atomic E-state index is -3.14. The van der Waals surface area contributed by atoms with E-state index in [1.807, 2.05) is 19.1 Å². The fourth-order valence-electron chi connectivity index (χ4n) is 1.66. The van der Waals surface area contributed by atoms with E-state index < -0.39 is 9.84 Å². The van der Waals surface area contributed by atoms with Crippen LogP contribution in [0.15, 0.2) is 29.2 Å². The highest BCUT2D eigenvalue weighted by Gasteiger charge is 2.11. The summed E-state index contributed by atoms with van der Waals surface area (Å²) in [5.41, 5.74) is 1.01. The Labute approximate surface area is 114 Å². The molecule has 19 heavy (non-hydrogen) atoms. The monoisotopic (exact) mass is 287 g/mol. The van der Waals surface area contributed by atoms with Crippen LogP contribution in [-0.2, 0) is 19.3 Å². The van der Waals surface area contributed by atoms with Gasteiger partial charge in [-0.05, 0) is 24.6 Å². The first-order chi connectivity index (χ1) is 8.88. The van der Waals surface area contributed by atoms with Crippen molar-refractivity contribution >= 4 is 9.84 Å². The smallest absolute Gasteiger partial charge is 0.175 e. The molecule has 0 saturated heterocycles. The van der Waals surface area contributed by atoms with Gasteiger partial charge in [-0.1, -0.05) is 12.1 Å². The summed E-state index contributed by atoms with van der Waals surface area (Å²) < 4.78 is 32.9. The van der Waals surface area contributed by atoms with Gasteiger partial charge < -0.3 is 14.8 Å². The number of hydrogen-bond acceptors (Lipinski definition) is 5. The highest BCUT2D eigenvalue weighted by Crippen LogP contribution is 2.16. The van der Waals surface area contributed by atoms with Crippen LogP contribution in [0.1, 0.15) is 18.5 Å². The highest BCUT2D eigenvalue weighted by atomic mass is 32.2. The fourth-order valence-corrected chi connectivity index (χ4v) is 2.29. The minimum Gasteiger partial charge on any atom is -0.355 e. The molecule has 0 aromatic heterocycles. The predicted molar refractivity (Wildman–Crippen MR) is 73.8 cm³/mol. The van der Waals surface area contributed by atoms with Crippen molar-refractivity contribution in [2.45, 2.75) is 24.2 Å². The molecule has 0 amide bonds. The fraction of sp³-hybridized carbons (Fsp3) is 0.538. The van der Waals surface area contributed by atoms with Crippen molar-refractivity contribution in [2.75, 3.05) is 27.0 Å². The second-order valence-corrected chi connectivity index (χ2v) is 6.39. The highest BCUT2D eigenvalue weighted by molar-refractivity contribution is 7.90. The van der Waals surface area contributed by atoms with Gasteiger partial charge in [0.2, 0.25) is 0 Å². The SMILES string of the molecule is COC(CNC(C)c1ccc(S(C)(=O)=O)cc1)OC. The molecule has 0 aliphatic heterocycles. The van der Waals surface area contributed by atoms with Crippen LogP contribution in [0.4, 0.5) is 0 Å². The molecule has 0 aliphatic rings. The zero-order chi connectivity index (χ0) is 14.5. The van der Waals surface area contributed by atoms with Crippen molar-refractivity contribution in [2.24, 2.45) is 0 Å². The van der Waals surface area contributed by atoms with Crippen molar-refractivity contribution in [3.8, 4) is 0 Å². The lowest BCUT2D eigenvalue weighted by molar-refractivity contribution is -0.0997. The standard InChI is InChI=1S/C13H21NO4S/c1-10(14-9-13(17-2)18-3)11-5-7-12(8-6-11)19(4,15)16/h5-8,10,13-14H,9H2,1-4H3. The van der Waals surface area contributed by atoms with Gasteiger partial charge in [0, 0.05) is 33.1 Å². The van der Waals surface area contributed by atoms with E-state index in [1.165, 1.54) is 6.26 Å². The largest absolute Gasteiger partial charge is 0.355 e. The summed E-state index contributed by atoms with van der Waals surface area (Å²) in [6.07, 6.45) is 0.906. The Hall–Kier alpha value is -0.950. The van der Waals surface area contributed by atoms with Crippen LogP contribution in [0.2, 0.25) is 0 Å². The van der Waals surface area contributed by atoms with Crippen molar-refractivity contribution in [3.63, 3.8) is 0 Å². The van der Waals surface area contributed by atoms with E-state index in [0.717, 1.165) is 5.56 Å². The first-order valence-corrected chi connectivity index (χ1v) is 7.86. The zero-order valence-corrected chi connectivity index (χ0v) is 12.5. The van der Waals surface area contributed by atoms with Crippen LogP contribution >= 0.6 is 0 Å². The average Bonchev–Trinajstić information content (AvgIpc) is 2.39. The van der Waals surface area contributed by atoms with Crippen molar-refractivity contribution in [1.29, 1.82) is 0 Å². The van der Waals surface area contributed by atoms with Crippen LogP contribution < -0.4 is 5.32 Å². The quantitative estimate of drug-likeness (QED) is 0.767. The van der Waals surface area contributed by atoms with Gasteiger partial charge in [-0.25, -0.2) is 8.42 Å². The number of rotatable bonds is 7. The molecule has 1 atom stereocenters. The summed E-state index contributed by atoms with van der Waals surface area (Å²) in [7, 11) is 0.0302. The van der Waals surface area contributed by atoms with E-state index in [4.69, 9.17) is 9.47 Å². The van der Waals surface area contributed by atoms with Crippen LogP contribution in [0.5, 0.6) is 0 Å². The lowest BCUT2D eigenvalue weighted by atomic mass is 10.1. The molecule has 0 saturated carbocycles. The summed E-state index contributed by atoms with van der Waals surface area (Å²) in [5, 5.41) is 3.26. The lowest BCUT2D eigenvalue weighted by Crippen LogP contribution is -2.31. The molecule has 6 heteroatoms. The molecule has 5 nitrogen and oxygen atoms in total. The number of methoxy groups -OCH3 is 2. The molecule has 0 aliphatic carbocycles. The van der Waals surface area contributed by atoms with Gasteiger partial charge in [0.05, 0.1) is 4.90 Å². The van der Waals surface area contributed by atoms with E-state index in [1.54, 1.807) is 26.4 Å². The van der Waals surface area contributed by atoms with Crippen molar-refractivity contribution < 1.29 is 17.9 Å². The maximum Gasteiger partial charge on any atom is 0.175 e. The third-order valence-electron chi connectivity index (χ3n) is 2.92. The van der Waals surface area contributed by atoms with Crippen molar-refractivity contribution in [1.82, 2.24) is 5.32 Å². The summed E-state index contributed by atoms with van der Waals surface area (Å²) in [5.74, 6) is 0. The normalized spacial score (nSPS) is 13.7. The van der Waals surface area contributed by atoms with Gasteiger partial charge in [0.25, 0.3) is 0 Å². The molecule has 0 spiro atoms. The van der Waals surface area contributed by atoms with E-state index in [-0.39, 0.29) is 12.3 Å². The average molecular weight is 287 g/mol. The summed E-state index contributed by atoms with van der Waals surface area (Å²) in [4.78, 5) is 0.329. The Morgan fingerprint density at radius 1 is 1.16 bits per heavy atom. The second kappa shape index (κ2) is 7.00. The van der Waals surface area contributed by atoms with Crippen LogP contribution in [0.3, 0.4) is 0 Å². The number of benzene rings is 1. The predicted octanol–water partition coefficient (Wildman–Crippen LogP) is 1.36. The third-order valence-corrected chi connectivity index (χ3v) is 4.05. The van der Waals surface area contributed by atoms with E-state index >= 15 is 0 Å². The molecule has 1 unspecified atom stereocenters. The maximum absolute atomic E-state index is 11.4. The molecule has 108 valence electrons. The first kappa shape index (κ1) is 16.1. The van der Waals surface area contributed by atoms with Gasteiger partial charge in [-0.15, -0.1) is 0 Å². The van der Waals surface area contributed by atoms with Gasteiger partial charge in [0.15, 0.2) is 16.1 Å². The summed E-state index contributed by atoms with van der Waals surface area (Å²) in [6, 6.07) is 6.94. The zero-order valence-electron chi connectivity index (χ0n) is 11.7. The molecular weight excluding hydrogens is 266 g/mol. The molecule has 0 heterocycles. The molecule has 1 N–H and O–H groups in total. The van der Waals surface area contributed by atoms with Gasteiger partial charge >= 0.3 is 0 Å². The Morgan fingerprint density at radius 2 is 1.68 bits per heavy atom. The number of nitrogens with one attached hydrogen (secondary N) is 1. The van der Waals surface area contributed by atoms with Gasteiger partial charge in [-0.2, -0.15) is 0 Å². The van der Waals surface area contributed by atoms with Crippen LogP contribution in [0.25, 0.3) is 0 Å². The molecule has 0 bridgehead atoms. The molecular formula is C13H21NO4S. The topological polar surface area (TPSA) is 64.6 Å². The van der Waals surface area contributed by atoms with E-state index in [9.17, 15) is 8.42 Å². The Balaban J connectivity index is 2.65. The molecule has 0 fully saturated rings. The minimum absolute atomic E-state index is 0.0846. The number of ether oxygens (including phenoxy) is 2. The number of sulfone groups is 1. The van der Waals surface area contributed by atoms with Gasteiger partial charge in [-0.3, -0.25) is 0 Å². The van der Waals surface area contributed by atoms with Gasteiger partial charge in [0.1, 0.15) is 0 Å². The number of hydrogen-bond donors (Lipinski definition) is 1. The van der Waals surface area contributed by atoms with Crippen LogP contribution in [-0.4, -0.2) is 41.7 Å². The molecule has 1 aromatic rings. The molecule has 0 radical (unpaired) electrons. The third kappa shape index (κ3) is 4.91. The molecule has 1 rings (SSSR count). The Morgan fingerprint density at radius 3 is 2.11 bits per heavy atom. The van der Waals surface area contributed by atoms with Crippen LogP contribution in [0, 0.1) is 0 Å². The molecule has 1 aromatic carbocycles. The Bertz CT molecular complexity index is 480. The Kier molecular flexibility index (Phi) is 5.93. The summed E-state index contributed by atoms with van der Waals surface area (Å²) >= 11 is 0. The lowest BCUT2D eigenvalue weighted by Gasteiger charge is -2.19. The second-order valence-electron chi connectivity index (χ2n) is 4.37. The summed E-state index contributed by atoms with van der Waals surface area (Å²) in [6.45, 7) is 2.56. The first-order valence-electron chi connectivity index (χ1n) is 5.97.